The second kappa shape index (κ2) is 10.7. The molecule has 27 heavy (non-hydrogen) atoms. The molecule has 0 bridgehead atoms. The van der Waals surface area contributed by atoms with Crippen molar-refractivity contribution in [2.24, 2.45) is 5.73 Å². The Labute approximate surface area is 162 Å². The van der Waals surface area contributed by atoms with Gasteiger partial charge in [0.05, 0.1) is 0 Å². The van der Waals surface area contributed by atoms with E-state index in [-0.39, 0.29) is 18.2 Å². The molecule has 1 aliphatic heterocycles. The van der Waals surface area contributed by atoms with Crippen LogP contribution in [0.4, 0.5) is 0 Å². The van der Waals surface area contributed by atoms with Crippen molar-refractivity contribution in [1.82, 2.24) is 0 Å². The van der Waals surface area contributed by atoms with E-state index in [4.69, 9.17) is 15.2 Å². The van der Waals surface area contributed by atoms with Crippen LogP contribution in [0.15, 0.2) is 54.6 Å². The minimum Gasteiger partial charge on any atom is -0.490 e. The fourth-order valence-corrected chi connectivity index (χ4v) is 2.96. The second-order valence-corrected chi connectivity index (χ2v) is 7.23. The van der Waals surface area contributed by atoms with Crippen LogP contribution in [0.1, 0.15) is 43.7 Å². The van der Waals surface area contributed by atoms with Gasteiger partial charge in [-0.15, -0.1) is 0 Å². The summed E-state index contributed by atoms with van der Waals surface area (Å²) in [5, 5.41) is 0. The number of hydrogen-bond donors (Lipinski definition) is 1. The molecule has 1 saturated heterocycles. The van der Waals surface area contributed by atoms with Crippen molar-refractivity contribution >= 4 is 5.97 Å². The van der Waals surface area contributed by atoms with E-state index in [9.17, 15) is 4.79 Å². The number of carbonyl (C=O) groups is 1. The van der Waals surface area contributed by atoms with E-state index in [0.717, 1.165) is 18.6 Å². The Morgan fingerprint density at radius 3 is 2.19 bits per heavy atom. The molecular formula is C23H31NO3. The normalized spacial score (nSPS) is 23.0. The molecule has 2 unspecified atom stereocenters. The Morgan fingerprint density at radius 2 is 1.59 bits per heavy atom. The summed E-state index contributed by atoms with van der Waals surface area (Å²) < 4.78 is 11.3. The number of carbonyl (C=O) groups excluding carboxylic acids is 1. The molecule has 0 aromatic heterocycles. The standard InChI is InChI=1S/C16H23NO3.C7H8/c1-11-6-8-13(9-7-11)20-14-4-3-5-15(17)16(18)19-12(2)10-14;1-7-5-3-2-4-6-7/h6-9,12,14-15H,3-5,10,17H2,1-2H3;2-6H,1H3/t12?,14?,15-;/m0./s1. The van der Waals surface area contributed by atoms with Crippen LogP contribution in [0.2, 0.25) is 0 Å². The van der Waals surface area contributed by atoms with E-state index < -0.39 is 6.04 Å². The molecule has 2 aromatic rings. The molecule has 1 fully saturated rings. The van der Waals surface area contributed by atoms with Crippen LogP contribution in [0, 0.1) is 13.8 Å². The lowest BCUT2D eigenvalue weighted by Gasteiger charge is -2.21. The average molecular weight is 370 g/mol. The van der Waals surface area contributed by atoms with Gasteiger partial charge in [-0.05, 0) is 52.2 Å². The fourth-order valence-electron chi connectivity index (χ4n) is 2.96. The van der Waals surface area contributed by atoms with Crippen molar-refractivity contribution in [3.8, 4) is 5.75 Å². The molecule has 3 rings (SSSR count). The van der Waals surface area contributed by atoms with Gasteiger partial charge in [-0.3, -0.25) is 4.79 Å². The van der Waals surface area contributed by atoms with E-state index in [1.807, 2.05) is 56.3 Å². The zero-order valence-corrected chi connectivity index (χ0v) is 16.6. The molecule has 0 aliphatic carbocycles. The number of nitrogens with two attached hydrogens (primary N) is 1. The molecule has 4 nitrogen and oxygen atoms in total. The minimum atomic E-state index is -0.504. The van der Waals surface area contributed by atoms with Crippen LogP contribution in [-0.4, -0.2) is 24.2 Å². The van der Waals surface area contributed by atoms with Gasteiger partial charge < -0.3 is 15.2 Å². The van der Waals surface area contributed by atoms with Gasteiger partial charge in [-0.2, -0.15) is 0 Å². The molecule has 1 aliphatic rings. The van der Waals surface area contributed by atoms with E-state index in [1.165, 1.54) is 11.1 Å². The summed E-state index contributed by atoms with van der Waals surface area (Å²) in [6.45, 7) is 6.02. The Bertz CT molecular complexity index is 685. The highest BCUT2D eigenvalue weighted by atomic mass is 16.5. The molecule has 2 aromatic carbocycles. The largest absolute Gasteiger partial charge is 0.490 e. The van der Waals surface area contributed by atoms with Crippen molar-refractivity contribution < 1.29 is 14.3 Å². The van der Waals surface area contributed by atoms with E-state index in [1.54, 1.807) is 0 Å². The first kappa shape index (κ1) is 21.0. The maximum absolute atomic E-state index is 11.6. The van der Waals surface area contributed by atoms with E-state index in [0.29, 0.717) is 12.8 Å². The van der Waals surface area contributed by atoms with Gasteiger partial charge in [0, 0.05) is 6.42 Å². The Balaban J connectivity index is 0.000000313. The number of benzene rings is 2. The van der Waals surface area contributed by atoms with Crippen LogP contribution in [0.3, 0.4) is 0 Å². The molecule has 1 heterocycles. The first-order valence-electron chi connectivity index (χ1n) is 9.65. The first-order valence-corrected chi connectivity index (χ1v) is 9.65. The predicted molar refractivity (Wildman–Crippen MR) is 109 cm³/mol. The van der Waals surface area contributed by atoms with Crippen LogP contribution in [0.5, 0.6) is 5.75 Å². The predicted octanol–water partition coefficient (Wildman–Crippen LogP) is 4.57. The highest BCUT2D eigenvalue weighted by molar-refractivity contribution is 5.75. The molecule has 2 N–H and O–H groups in total. The number of ether oxygens (including phenoxy) is 2. The van der Waals surface area contributed by atoms with E-state index in [2.05, 4.69) is 19.1 Å². The van der Waals surface area contributed by atoms with Crippen LogP contribution in [-0.2, 0) is 9.53 Å². The number of hydrogen-bond acceptors (Lipinski definition) is 4. The third-order valence-electron chi connectivity index (χ3n) is 4.52. The lowest BCUT2D eigenvalue weighted by atomic mass is 10.0. The van der Waals surface area contributed by atoms with Crippen molar-refractivity contribution in [3.05, 3.63) is 65.7 Å². The summed E-state index contributed by atoms with van der Waals surface area (Å²) in [7, 11) is 0. The van der Waals surface area contributed by atoms with Crippen LogP contribution in [0.25, 0.3) is 0 Å². The van der Waals surface area contributed by atoms with Crippen LogP contribution >= 0.6 is 0 Å². The van der Waals surface area contributed by atoms with Gasteiger partial charge in [-0.25, -0.2) is 0 Å². The maximum atomic E-state index is 11.6. The molecule has 4 heteroatoms. The summed E-state index contributed by atoms with van der Waals surface area (Å²) in [4.78, 5) is 11.6. The molecule has 0 radical (unpaired) electrons. The topological polar surface area (TPSA) is 61.5 Å². The van der Waals surface area contributed by atoms with E-state index >= 15 is 0 Å². The quantitative estimate of drug-likeness (QED) is 0.788. The van der Waals surface area contributed by atoms with Crippen molar-refractivity contribution in [1.29, 1.82) is 0 Å². The smallest absolute Gasteiger partial charge is 0.323 e. The summed E-state index contributed by atoms with van der Waals surface area (Å²) in [5.74, 6) is 0.566. The van der Waals surface area contributed by atoms with Crippen molar-refractivity contribution in [2.45, 2.75) is 64.7 Å². The third kappa shape index (κ3) is 7.83. The maximum Gasteiger partial charge on any atom is 0.323 e. The highest BCUT2D eigenvalue weighted by Gasteiger charge is 2.24. The number of cyclic esters (lactones) is 1. The number of rotatable bonds is 2. The van der Waals surface area contributed by atoms with Gasteiger partial charge in [-0.1, -0.05) is 53.6 Å². The Morgan fingerprint density at radius 1 is 0.963 bits per heavy atom. The highest BCUT2D eigenvalue weighted by Crippen LogP contribution is 2.21. The minimum absolute atomic E-state index is 0.0609. The Hall–Kier alpha value is -2.33. The first-order chi connectivity index (χ1) is 12.9. The van der Waals surface area contributed by atoms with Crippen LogP contribution < -0.4 is 10.5 Å². The SMILES string of the molecule is Cc1ccc(OC2CCC[C@H](N)C(=O)OC(C)C2)cc1.Cc1ccccc1. The lowest BCUT2D eigenvalue weighted by Crippen LogP contribution is -2.34. The summed E-state index contributed by atoms with van der Waals surface area (Å²) >= 11 is 0. The van der Waals surface area contributed by atoms with Gasteiger partial charge >= 0.3 is 5.97 Å². The van der Waals surface area contributed by atoms with Gasteiger partial charge in [0.25, 0.3) is 0 Å². The molecule has 146 valence electrons. The molecular weight excluding hydrogens is 338 g/mol. The molecule has 3 atom stereocenters. The van der Waals surface area contributed by atoms with Gasteiger partial charge in [0.2, 0.25) is 0 Å². The monoisotopic (exact) mass is 369 g/mol. The van der Waals surface area contributed by atoms with Crippen molar-refractivity contribution in [3.63, 3.8) is 0 Å². The summed E-state index contributed by atoms with van der Waals surface area (Å²) in [5.41, 5.74) is 8.31. The van der Waals surface area contributed by atoms with Crippen molar-refractivity contribution in [2.75, 3.05) is 0 Å². The molecule has 0 amide bonds. The average Bonchev–Trinajstić information content (AvgIpc) is 2.69. The van der Waals surface area contributed by atoms with Gasteiger partial charge in [0.1, 0.15) is 24.0 Å². The molecule has 0 spiro atoms. The third-order valence-corrected chi connectivity index (χ3v) is 4.52. The number of esters is 1. The summed E-state index contributed by atoms with van der Waals surface area (Å²) in [6.07, 6.45) is 3.01. The zero-order valence-electron chi connectivity index (χ0n) is 16.6. The second-order valence-electron chi connectivity index (χ2n) is 7.23. The van der Waals surface area contributed by atoms with Gasteiger partial charge in [0.15, 0.2) is 0 Å². The molecule has 0 saturated carbocycles. The zero-order chi connectivity index (χ0) is 19.6. The fraction of sp³-hybridized carbons (Fsp3) is 0.435. The summed E-state index contributed by atoms with van der Waals surface area (Å²) in [6, 6.07) is 17.8. The Kier molecular flexibility index (Phi) is 8.34. The number of aryl methyl sites for hydroxylation is 2. The lowest BCUT2D eigenvalue weighted by molar-refractivity contribution is -0.150.